The van der Waals surface area contributed by atoms with Gasteiger partial charge in [-0.05, 0) is 12.3 Å². The molecule has 2 aliphatic heterocycles. The van der Waals surface area contributed by atoms with Gasteiger partial charge in [0.25, 0.3) is 0 Å². The molecule has 2 fully saturated rings. The van der Waals surface area contributed by atoms with Gasteiger partial charge in [-0.3, -0.25) is 4.79 Å². The second-order valence-corrected chi connectivity index (χ2v) is 3.56. The van der Waals surface area contributed by atoms with Crippen LogP contribution in [0.1, 0.15) is 13.3 Å². The maximum Gasteiger partial charge on any atom is 0.248 e. The molecule has 0 aromatic carbocycles. The van der Waals surface area contributed by atoms with Gasteiger partial charge >= 0.3 is 0 Å². The summed E-state index contributed by atoms with van der Waals surface area (Å²) in [6, 6.07) is 0.381. The van der Waals surface area contributed by atoms with Gasteiger partial charge < -0.3 is 9.64 Å². The number of amides is 1. The van der Waals surface area contributed by atoms with Gasteiger partial charge in [-0.25, -0.2) is 0 Å². The lowest BCUT2D eigenvalue weighted by atomic mass is 10.1. The second-order valence-electron chi connectivity index (χ2n) is 3.56. The van der Waals surface area contributed by atoms with E-state index in [9.17, 15) is 4.79 Å². The van der Waals surface area contributed by atoms with Gasteiger partial charge in [0.15, 0.2) is 0 Å². The molecular formula is C8H13NO2. The zero-order valence-corrected chi connectivity index (χ0v) is 6.75. The first-order valence-corrected chi connectivity index (χ1v) is 4.14. The van der Waals surface area contributed by atoms with E-state index in [0.717, 1.165) is 19.6 Å². The minimum Gasteiger partial charge on any atom is -0.369 e. The standard InChI is InChI=1S/C8H13NO2/c1-6-2-7-4-11-5-8(10)9(7)3-6/h6-7H,2-5H2,1H3/t6-,7-/m0/s1. The van der Waals surface area contributed by atoms with E-state index in [0.29, 0.717) is 18.6 Å². The van der Waals surface area contributed by atoms with E-state index < -0.39 is 0 Å². The highest BCUT2D eigenvalue weighted by atomic mass is 16.5. The van der Waals surface area contributed by atoms with Gasteiger partial charge in [0, 0.05) is 6.54 Å². The van der Waals surface area contributed by atoms with Crippen LogP contribution in [0.25, 0.3) is 0 Å². The molecule has 2 heterocycles. The monoisotopic (exact) mass is 155 g/mol. The van der Waals surface area contributed by atoms with E-state index in [2.05, 4.69) is 6.92 Å². The number of fused-ring (bicyclic) bond motifs is 1. The van der Waals surface area contributed by atoms with Crippen LogP contribution in [0, 0.1) is 5.92 Å². The molecule has 0 aromatic rings. The summed E-state index contributed by atoms with van der Waals surface area (Å²) < 4.78 is 5.15. The van der Waals surface area contributed by atoms with Crippen molar-refractivity contribution >= 4 is 5.91 Å². The summed E-state index contributed by atoms with van der Waals surface area (Å²) in [5, 5.41) is 0. The smallest absolute Gasteiger partial charge is 0.248 e. The van der Waals surface area contributed by atoms with Crippen LogP contribution in [0.4, 0.5) is 0 Å². The molecule has 2 atom stereocenters. The molecule has 3 heteroatoms. The molecule has 0 unspecified atom stereocenters. The molecule has 2 aliphatic rings. The van der Waals surface area contributed by atoms with E-state index in [1.807, 2.05) is 4.90 Å². The lowest BCUT2D eigenvalue weighted by Crippen LogP contribution is -2.45. The van der Waals surface area contributed by atoms with Crippen molar-refractivity contribution in [1.29, 1.82) is 0 Å². The third-order valence-electron chi connectivity index (χ3n) is 2.48. The van der Waals surface area contributed by atoms with Gasteiger partial charge in [0.05, 0.1) is 12.6 Å². The molecule has 0 aliphatic carbocycles. The molecule has 3 nitrogen and oxygen atoms in total. The van der Waals surface area contributed by atoms with Gasteiger partial charge in [0.2, 0.25) is 5.91 Å². The first-order valence-electron chi connectivity index (χ1n) is 4.14. The van der Waals surface area contributed by atoms with E-state index >= 15 is 0 Å². The summed E-state index contributed by atoms with van der Waals surface area (Å²) >= 11 is 0. The quantitative estimate of drug-likeness (QED) is 0.502. The van der Waals surface area contributed by atoms with E-state index in [1.54, 1.807) is 0 Å². The number of hydrogen-bond donors (Lipinski definition) is 0. The fraction of sp³-hybridized carbons (Fsp3) is 0.875. The minimum absolute atomic E-state index is 0.172. The van der Waals surface area contributed by atoms with Gasteiger partial charge in [-0.1, -0.05) is 6.92 Å². The molecule has 0 radical (unpaired) electrons. The van der Waals surface area contributed by atoms with Crippen LogP contribution < -0.4 is 0 Å². The van der Waals surface area contributed by atoms with Crippen molar-refractivity contribution in [2.45, 2.75) is 19.4 Å². The molecule has 0 spiro atoms. The lowest BCUT2D eigenvalue weighted by molar-refractivity contribution is -0.145. The number of ether oxygens (including phenoxy) is 1. The summed E-state index contributed by atoms with van der Waals surface area (Å²) in [6.07, 6.45) is 1.12. The molecule has 1 amide bonds. The predicted octanol–water partition coefficient (Wildman–Crippen LogP) is 0.254. The molecule has 0 saturated carbocycles. The number of hydrogen-bond acceptors (Lipinski definition) is 2. The molecule has 2 saturated heterocycles. The Morgan fingerprint density at radius 3 is 3.18 bits per heavy atom. The van der Waals surface area contributed by atoms with Crippen molar-refractivity contribution in [2.24, 2.45) is 5.92 Å². The summed E-state index contributed by atoms with van der Waals surface area (Å²) in [4.78, 5) is 13.2. The molecule has 2 rings (SSSR count). The highest BCUT2D eigenvalue weighted by Crippen LogP contribution is 2.25. The topological polar surface area (TPSA) is 29.5 Å². The summed E-state index contributed by atoms with van der Waals surface area (Å²) in [6.45, 7) is 4.16. The Labute approximate surface area is 66.3 Å². The van der Waals surface area contributed by atoms with Crippen LogP contribution in [-0.4, -0.2) is 36.6 Å². The van der Waals surface area contributed by atoms with E-state index in [4.69, 9.17) is 4.74 Å². The van der Waals surface area contributed by atoms with Crippen molar-refractivity contribution in [1.82, 2.24) is 4.90 Å². The van der Waals surface area contributed by atoms with Crippen LogP contribution in [-0.2, 0) is 9.53 Å². The number of morpholine rings is 1. The van der Waals surface area contributed by atoms with Gasteiger partial charge in [-0.2, -0.15) is 0 Å². The molecule has 0 N–H and O–H groups in total. The van der Waals surface area contributed by atoms with Crippen molar-refractivity contribution in [3.63, 3.8) is 0 Å². The molecule has 0 aromatic heterocycles. The largest absolute Gasteiger partial charge is 0.369 e. The maximum absolute atomic E-state index is 11.2. The minimum atomic E-state index is 0.172. The summed E-state index contributed by atoms with van der Waals surface area (Å²) in [5.41, 5.74) is 0. The first kappa shape index (κ1) is 7.10. The van der Waals surface area contributed by atoms with Gasteiger partial charge in [0.1, 0.15) is 6.61 Å². The molecule has 0 bridgehead atoms. The number of rotatable bonds is 0. The average molecular weight is 155 g/mol. The van der Waals surface area contributed by atoms with Crippen LogP contribution in [0.5, 0.6) is 0 Å². The van der Waals surface area contributed by atoms with Gasteiger partial charge in [-0.15, -0.1) is 0 Å². The van der Waals surface area contributed by atoms with Crippen LogP contribution >= 0.6 is 0 Å². The Balaban J connectivity index is 2.09. The van der Waals surface area contributed by atoms with Crippen molar-refractivity contribution in [3.05, 3.63) is 0 Å². The highest BCUT2D eigenvalue weighted by molar-refractivity contribution is 5.78. The summed E-state index contributed by atoms with van der Waals surface area (Å²) in [7, 11) is 0. The Kier molecular flexibility index (Phi) is 1.60. The van der Waals surface area contributed by atoms with E-state index in [1.165, 1.54) is 0 Å². The number of carbonyl (C=O) groups excluding carboxylic acids is 1. The van der Waals surface area contributed by atoms with Crippen LogP contribution in [0.15, 0.2) is 0 Å². The third kappa shape index (κ3) is 1.13. The Bertz CT molecular complexity index is 181. The van der Waals surface area contributed by atoms with Crippen molar-refractivity contribution < 1.29 is 9.53 Å². The SMILES string of the molecule is C[C@H]1C[C@H]2COCC(=O)N2C1. The molecule has 62 valence electrons. The predicted molar refractivity (Wildman–Crippen MR) is 40.1 cm³/mol. The Morgan fingerprint density at radius 2 is 2.45 bits per heavy atom. The molecule has 11 heavy (non-hydrogen) atoms. The number of nitrogens with zero attached hydrogens (tertiary/aromatic N) is 1. The van der Waals surface area contributed by atoms with Crippen LogP contribution in [0.3, 0.4) is 0 Å². The van der Waals surface area contributed by atoms with Crippen molar-refractivity contribution in [2.75, 3.05) is 19.8 Å². The fourth-order valence-corrected chi connectivity index (χ4v) is 1.98. The molecular weight excluding hydrogens is 142 g/mol. The lowest BCUT2D eigenvalue weighted by Gasteiger charge is -2.28. The third-order valence-corrected chi connectivity index (χ3v) is 2.48. The van der Waals surface area contributed by atoms with Crippen LogP contribution in [0.2, 0.25) is 0 Å². The first-order chi connectivity index (χ1) is 5.27. The maximum atomic E-state index is 11.2. The Hall–Kier alpha value is -0.570. The zero-order valence-electron chi connectivity index (χ0n) is 6.75. The van der Waals surface area contributed by atoms with Crippen molar-refractivity contribution in [3.8, 4) is 0 Å². The highest BCUT2D eigenvalue weighted by Gasteiger charge is 2.35. The normalized spacial score (nSPS) is 37.5. The van der Waals surface area contributed by atoms with E-state index in [-0.39, 0.29) is 5.91 Å². The number of carbonyl (C=O) groups is 1. The summed E-state index contributed by atoms with van der Waals surface area (Å²) in [5.74, 6) is 0.830. The second kappa shape index (κ2) is 2.48. The zero-order chi connectivity index (χ0) is 7.84. The fourth-order valence-electron chi connectivity index (χ4n) is 1.98. The average Bonchev–Trinajstić information content (AvgIpc) is 2.31. The Morgan fingerprint density at radius 1 is 1.64 bits per heavy atom.